The molecule has 0 aliphatic heterocycles. The summed E-state index contributed by atoms with van der Waals surface area (Å²) in [5.74, 6) is 0.992. The van der Waals surface area contributed by atoms with E-state index in [1.807, 2.05) is 42.5 Å². The number of nitriles is 1. The number of hydrogen-bond acceptors (Lipinski definition) is 7. The summed E-state index contributed by atoms with van der Waals surface area (Å²) in [6, 6.07) is 21.5. The number of pyridine rings is 2. The molecule has 0 fully saturated rings. The molecule has 8 nitrogen and oxygen atoms in total. The molecular formula is C23H17N5O3. The number of aromatic nitrogens is 2. The number of fused-ring (bicyclic) bond motifs is 1. The van der Waals surface area contributed by atoms with Crippen molar-refractivity contribution < 1.29 is 9.66 Å². The van der Waals surface area contributed by atoms with Crippen LogP contribution < -0.4 is 10.1 Å². The molecule has 152 valence electrons. The molecule has 0 aliphatic carbocycles. The van der Waals surface area contributed by atoms with E-state index in [0.717, 1.165) is 11.1 Å². The Hall–Kier alpha value is -4.51. The van der Waals surface area contributed by atoms with E-state index in [1.54, 1.807) is 12.3 Å². The molecule has 0 unspecified atom stereocenters. The molecule has 0 saturated carbocycles. The Kier molecular flexibility index (Phi) is 5.67. The first-order chi connectivity index (χ1) is 15.1. The third-order valence-corrected chi connectivity index (χ3v) is 4.65. The quantitative estimate of drug-likeness (QED) is 0.349. The molecule has 0 bridgehead atoms. The van der Waals surface area contributed by atoms with Crippen LogP contribution in [0.4, 0.5) is 11.5 Å². The van der Waals surface area contributed by atoms with E-state index < -0.39 is 4.92 Å². The first-order valence-corrected chi connectivity index (χ1v) is 9.48. The van der Waals surface area contributed by atoms with Crippen LogP contribution in [0.15, 0.2) is 72.9 Å². The standard InChI is InChI=1S/C23H17N5O3/c24-13-18-11-22(27-21-9-8-19(28(29)30)12-20(18)21)26-14-17-7-4-10-25-23(17)31-15-16-5-2-1-3-6-16/h1-12H,14-15H2,(H,26,27). The average molecular weight is 411 g/mol. The Labute approximate surface area is 177 Å². The minimum Gasteiger partial charge on any atom is -0.473 e. The van der Waals surface area contributed by atoms with Crippen molar-refractivity contribution in [1.82, 2.24) is 9.97 Å². The number of nitro groups is 1. The zero-order valence-electron chi connectivity index (χ0n) is 16.4. The second-order valence-electron chi connectivity index (χ2n) is 6.72. The predicted molar refractivity (Wildman–Crippen MR) is 115 cm³/mol. The van der Waals surface area contributed by atoms with E-state index in [1.165, 1.54) is 18.2 Å². The number of non-ortho nitro benzene ring substituents is 1. The molecular weight excluding hydrogens is 394 g/mol. The number of ether oxygens (including phenoxy) is 1. The van der Waals surface area contributed by atoms with Gasteiger partial charge in [0.25, 0.3) is 5.69 Å². The minimum absolute atomic E-state index is 0.0814. The highest BCUT2D eigenvalue weighted by atomic mass is 16.6. The second-order valence-corrected chi connectivity index (χ2v) is 6.72. The molecule has 31 heavy (non-hydrogen) atoms. The lowest BCUT2D eigenvalue weighted by Gasteiger charge is -2.12. The third kappa shape index (κ3) is 4.57. The number of rotatable bonds is 7. The van der Waals surface area contributed by atoms with Gasteiger partial charge in [-0.2, -0.15) is 5.26 Å². The first kappa shape index (κ1) is 19.8. The fourth-order valence-corrected chi connectivity index (χ4v) is 3.11. The Morgan fingerprint density at radius 2 is 1.94 bits per heavy atom. The van der Waals surface area contributed by atoms with E-state index in [4.69, 9.17) is 4.74 Å². The molecule has 0 amide bonds. The maximum Gasteiger partial charge on any atom is 0.270 e. The summed E-state index contributed by atoms with van der Waals surface area (Å²) in [4.78, 5) is 19.3. The molecule has 8 heteroatoms. The molecule has 2 heterocycles. The van der Waals surface area contributed by atoms with E-state index in [9.17, 15) is 15.4 Å². The van der Waals surface area contributed by atoms with Gasteiger partial charge in [-0.05, 0) is 23.8 Å². The predicted octanol–water partition coefficient (Wildman–Crippen LogP) is 4.60. The van der Waals surface area contributed by atoms with Gasteiger partial charge < -0.3 is 10.1 Å². The van der Waals surface area contributed by atoms with Crippen molar-refractivity contribution in [2.24, 2.45) is 0 Å². The summed E-state index contributed by atoms with van der Waals surface area (Å²) in [5.41, 5.74) is 2.60. The average Bonchev–Trinajstić information content (AvgIpc) is 2.81. The van der Waals surface area contributed by atoms with Crippen LogP contribution in [0.3, 0.4) is 0 Å². The Bertz CT molecular complexity index is 1290. The van der Waals surface area contributed by atoms with E-state index in [0.29, 0.717) is 41.3 Å². The molecule has 2 aromatic carbocycles. The zero-order valence-corrected chi connectivity index (χ0v) is 16.4. The van der Waals surface area contributed by atoms with E-state index in [2.05, 4.69) is 21.4 Å². The number of hydrogen-bond donors (Lipinski definition) is 1. The van der Waals surface area contributed by atoms with Crippen LogP contribution in [-0.2, 0) is 13.2 Å². The lowest BCUT2D eigenvalue weighted by Crippen LogP contribution is -2.06. The molecule has 0 spiro atoms. The summed E-state index contributed by atoms with van der Waals surface area (Å²) in [6.45, 7) is 0.782. The van der Waals surface area contributed by atoms with Crippen molar-refractivity contribution in [1.29, 1.82) is 5.26 Å². The van der Waals surface area contributed by atoms with Crippen molar-refractivity contribution in [2.45, 2.75) is 13.2 Å². The van der Waals surface area contributed by atoms with Gasteiger partial charge in [0.2, 0.25) is 5.88 Å². The highest BCUT2D eigenvalue weighted by Gasteiger charge is 2.12. The number of anilines is 1. The van der Waals surface area contributed by atoms with Gasteiger partial charge >= 0.3 is 0 Å². The Morgan fingerprint density at radius 3 is 2.71 bits per heavy atom. The topological polar surface area (TPSA) is 114 Å². The largest absolute Gasteiger partial charge is 0.473 e. The van der Waals surface area contributed by atoms with Gasteiger partial charge in [0.15, 0.2) is 0 Å². The molecule has 4 rings (SSSR count). The number of nitrogens with one attached hydrogen (secondary N) is 1. The van der Waals surface area contributed by atoms with Crippen LogP contribution in [0.1, 0.15) is 16.7 Å². The minimum atomic E-state index is -0.494. The van der Waals surface area contributed by atoms with Crippen molar-refractivity contribution >= 4 is 22.4 Å². The number of nitro benzene ring substituents is 1. The summed E-state index contributed by atoms with van der Waals surface area (Å²) in [6.07, 6.45) is 1.67. The molecule has 0 radical (unpaired) electrons. The zero-order chi connectivity index (χ0) is 21.6. The first-order valence-electron chi connectivity index (χ1n) is 9.48. The summed E-state index contributed by atoms with van der Waals surface area (Å²) >= 11 is 0. The van der Waals surface area contributed by atoms with Crippen LogP contribution in [0.2, 0.25) is 0 Å². The molecule has 1 N–H and O–H groups in total. The monoisotopic (exact) mass is 411 g/mol. The van der Waals surface area contributed by atoms with E-state index in [-0.39, 0.29) is 5.69 Å². The van der Waals surface area contributed by atoms with Gasteiger partial charge in [0.1, 0.15) is 12.4 Å². The van der Waals surface area contributed by atoms with Crippen LogP contribution in [0, 0.1) is 21.4 Å². The number of benzene rings is 2. The van der Waals surface area contributed by atoms with Crippen LogP contribution in [-0.4, -0.2) is 14.9 Å². The normalized spacial score (nSPS) is 10.4. The van der Waals surface area contributed by atoms with Gasteiger partial charge in [-0.3, -0.25) is 10.1 Å². The molecule has 2 aromatic heterocycles. The van der Waals surface area contributed by atoms with Gasteiger partial charge in [0, 0.05) is 35.8 Å². The second kappa shape index (κ2) is 8.88. The van der Waals surface area contributed by atoms with Crippen LogP contribution in [0.25, 0.3) is 10.9 Å². The summed E-state index contributed by atoms with van der Waals surface area (Å²) in [5, 5.41) is 24.1. The van der Waals surface area contributed by atoms with Gasteiger partial charge in [-0.25, -0.2) is 9.97 Å². The van der Waals surface area contributed by atoms with Crippen LogP contribution >= 0.6 is 0 Å². The lowest BCUT2D eigenvalue weighted by molar-refractivity contribution is -0.384. The summed E-state index contributed by atoms with van der Waals surface area (Å²) < 4.78 is 5.87. The highest BCUT2D eigenvalue weighted by Crippen LogP contribution is 2.25. The van der Waals surface area contributed by atoms with Gasteiger partial charge in [-0.15, -0.1) is 0 Å². The third-order valence-electron chi connectivity index (χ3n) is 4.65. The Balaban J connectivity index is 1.53. The van der Waals surface area contributed by atoms with Crippen molar-refractivity contribution in [3.05, 3.63) is 99.7 Å². The maximum absolute atomic E-state index is 11.0. The van der Waals surface area contributed by atoms with Crippen molar-refractivity contribution in [3.8, 4) is 11.9 Å². The number of nitrogens with zero attached hydrogens (tertiary/aromatic N) is 4. The SMILES string of the molecule is N#Cc1cc(NCc2cccnc2OCc2ccccc2)nc2ccc([N+](=O)[O-])cc12. The maximum atomic E-state index is 11.0. The molecule has 0 saturated heterocycles. The fourth-order valence-electron chi connectivity index (χ4n) is 3.11. The molecule has 0 atom stereocenters. The smallest absolute Gasteiger partial charge is 0.270 e. The highest BCUT2D eigenvalue weighted by molar-refractivity contribution is 5.88. The van der Waals surface area contributed by atoms with Crippen molar-refractivity contribution in [3.63, 3.8) is 0 Å². The molecule has 4 aromatic rings. The van der Waals surface area contributed by atoms with Crippen LogP contribution in [0.5, 0.6) is 5.88 Å². The summed E-state index contributed by atoms with van der Waals surface area (Å²) in [7, 11) is 0. The van der Waals surface area contributed by atoms with Gasteiger partial charge in [-0.1, -0.05) is 36.4 Å². The lowest BCUT2D eigenvalue weighted by atomic mass is 10.1. The fraction of sp³-hybridized carbons (Fsp3) is 0.0870. The van der Waals surface area contributed by atoms with Crippen molar-refractivity contribution in [2.75, 3.05) is 5.32 Å². The van der Waals surface area contributed by atoms with Gasteiger partial charge in [0.05, 0.1) is 22.1 Å². The Morgan fingerprint density at radius 1 is 1.10 bits per heavy atom. The molecule has 0 aliphatic rings. The van der Waals surface area contributed by atoms with E-state index >= 15 is 0 Å².